The Morgan fingerprint density at radius 1 is 1.50 bits per heavy atom. The van der Waals surface area contributed by atoms with E-state index in [1.165, 1.54) is 25.8 Å². The highest BCUT2D eigenvalue weighted by molar-refractivity contribution is 5.01. The summed E-state index contributed by atoms with van der Waals surface area (Å²) in [6.07, 6.45) is 3.99. The van der Waals surface area contributed by atoms with Crippen LogP contribution in [-0.4, -0.2) is 29.6 Å². The standard InChI is InChI=1S/C8H16N2/c1-2-10-6-3-4-8(10)7(9)5-6/h6-8H,2-5,9H2,1H3/t6-,7?,8+/m0/s1. The lowest BCUT2D eigenvalue weighted by Crippen LogP contribution is -2.36. The molecule has 0 aliphatic carbocycles. The van der Waals surface area contributed by atoms with Crippen LogP contribution < -0.4 is 5.73 Å². The zero-order valence-electron chi connectivity index (χ0n) is 6.59. The SMILES string of the molecule is CCN1[C@H]2CC[C@@H]1C(N)C2. The Morgan fingerprint density at radius 2 is 2.30 bits per heavy atom. The van der Waals surface area contributed by atoms with Gasteiger partial charge in [-0.1, -0.05) is 6.92 Å². The molecule has 0 aromatic carbocycles. The Bertz CT molecular complexity index is 135. The van der Waals surface area contributed by atoms with Crippen molar-refractivity contribution in [3.63, 3.8) is 0 Å². The fourth-order valence-corrected chi connectivity index (χ4v) is 2.64. The molecule has 0 aromatic heterocycles. The van der Waals surface area contributed by atoms with Gasteiger partial charge in [0.25, 0.3) is 0 Å². The molecule has 2 heterocycles. The number of hydrogen-bond acceptors (Lipinski definition) is 2. The molecule has 10 heavy (non-hydrogen) atoms. The van der Waals surface area contributed by atoms with Crippen LogP contribution in [0.3, 0.4) is 0 Å². The van der Waals surface area contributed by atoms with E-state index in [4.69, 9.17) is 5.73 Å². The summed E-state index contributed by atoms with van der Waals surface area (Å²) in [4.78, 5) is 2.57. The summed E-state index contributed by atoms with van der Waals surface area (Å²) < 4.78 is 0. The molecule has 2 N–H and O–H groups in total. The first-order chi connectivity index (χ1) is 4.83. The number of rotatable bonds is 1. The molecule has 2 saturated heterocycles. The van der Waals surface area contributed by atoms with Crippen LogP contribution in [0, 0.1) is 0 Å². The second-order valence-electron chi connectivity index (χ2n) is 3.53. The van der Waals surface area contributed by atoms with Gasteiger partial charge in [-0.05, 0) is 25.8 Å². The second-order valence-corrected chi connectivity index (χ2v) is 3.53. The predicted molar refractivity (Wildman–Crippen MR) is 41.8 cm³/mol. The smallest absolute Gasteiger partial charge is 0.0251 e. The van der Waals surface area contributed by atoms with Crippen LogP contribution in [0.4, 0.5) is 0 Å². The van der Waals surface area contributed by atoms with Gasteiger partial charge in [0.1, 0.15) is 0 Å². The highest BCUT2D eigenvalue weighted by Crippen LogP contribution is 2.35. The van der Waals surface area contributed by atoms with Gasteiger partial charge in [0.15, 0.2) is 0 Å². The number of fused-ring (bicyclic) bond motifs is 2. The molecule has 0 amide bonds. The minimum absolute atomic E-state index is 0.485. The van der Waals surface area contributed by atoms with Crippen molar-refractivity contribution in [2.24, 2.45) is 5.73 Å². The number of nitrogens with two attached hydrogens (primary N) is 1. The minimum Gasteiger partial charge on any atom is -0.326 e. The molecular formula is C8H16N2. The molecule has 2 bridgehead atoms. The summed E-state index contributed by atoms with van der Waals surface area (Å²) in [5, 5.41) is 0. The lowest BCUT2D eigenvalue weighted by atomic mass is 9.97. The van der Waals surface area contributed by atoms with E-state index < -0.39 is 0 Å². The highest BCUT2D eigenvalue weighted by atomic mass is 15.3. The van der Waals surface area contributed by atoms with Crippen LogP contribution in [0.2, 0.25) is 0 Å². The molecule has 2 heteroatoms. The maximum atomic E-state index is 5.94. The molecule has 2 fully saturated rings. The first-order valence-corrected chi connectivity index (χ1v) is 4.34. The zero-order chi connectivity index (χ0) is 7.14. The molecule has 1 unspecified atom stereocenters. The third-order valence-corrected chi connectivity index (χ3v) is 3.09. The van der Waals surface area contributed by atoms with Gasteiger partial charge in [0, 0.05) is 18.1 Å². The number of likely N-dealkylation sites (N-methyl/N-ethyl adjacent to an activating group) is 1. The molecule has 3 atom stereocenters. The molecular weight excluding hydrogens is 124 g/mol. The van der Waals surface area contributed by atoms with Crippen molar-refractivity contribution in [3.8, 4) is 0 Å². The maximum Gasteiger partial charge on any atom is 0.0251 e. The van der Waals surface area contributed by atoms with E-state index >= 15 is 0 Å². The van der Waals surface area contributed by atoms with Crippen LogP contribution in [0.1, 0.15) is 26.2 Å². The molecule has 58 valence electrons. The fraction of sp³-hybridized carbons (Fsp3) is 1.00. The third-order valence-electron chi connectivity index (χ3n) is 3.09. The fourth-order valence-electron chi connectivity index (χ4n) is 2.64. The van der Waals surface area contributed by atoms with E-state index in [1.807, 2.05) is 0 Å². The molecule has 2 aliphatic rings. The van der Waals surface area contributed by atoms with Gasteiger partial charge in [0.05, 0.1) is 0 Å². The van der Waals surface area contributed by atoms with Crippen LogP contribution >= 0.6 is 0 Å². The third kappa shape index (κ3) is 0.722. The van der Waals surface area contributed by atoms with Gasteiger partial charge < -0.3 is 5.73 Å². The summed E-state index contributed by atoms with van der Waals surface area (Å²) in [5.74, 6) is 0. The molecule has 2 nitrogen and oxygen atoms in total. The van der Waals surface area contributed by atoms with E-state index in [2.05, 4.69) is 11.8 Å². The average molecular weight is 140 g/mol. The molecule has 0 saturated carbocycles. The van der Waals surface area contributed by atoms with Gasteiger partial charge in [-0.15, -0.1) is 0 Å². The van der Waals surface area contributed by atoms with Crippen molar-refractivity contribution in [3.05, 3.63) is 0 Å². The van der Waals surface area contributed by atoms with Crippen molar-refractivity contribution in [2.45, 2.75) is 44.3 Å². The summed E-state index contributed by atoms with van der Waals surface area (Å²) in [5.41, 5.74) is 5.94. The Labute approximate surface area is 62.4 Å². The zero-order valence-corrected chi connectivity index (χ0v) is 6.59. The van der Waals surface area contributed by atoms with E-state index in [0.29, 0.717) is 6.04 Å². The molecule has 2 rings (SSSR count). The largest absolute Gasteiger partial charge is 0.326 e. The molecule has 0 aromatic rings. The van der Waals surface area contributed by atoms with Crippen LogP contribution in [0.15, 0.2) is 0 Å². The van der Waals surface area contributed by atoms with Gasteiger partial charge in [-0.3, -0.25) is 4.90 Å². The molecule has 2 aliphatic heterocycles. The topological polar surface area (TPSA) is 29.3 Å². The lowest BCUT2D eigenvalue weighted by Gasteiger charge is -2.19. The Hall–Kier alpha value is -0.0800. The van der Waals surface area contributed by atoms with Crippen molar-refractivity contribution in [2.75, 3.05) is 6.54 Å². The van der Waals surface area contributed by atoms with E-state index in [1.54, 1.807) is 0 Å². The first-order valence-electron chi connectivity index (χ1n) is 4.34. The Balaban J connectivity index is 2.11. The molecule has 0 radical (unpaired) electrons. The maximum absolute atomic E-state index is 5.94. The van der Waals surface area contributed by atoms with Gasteiger partial charge in [-0.25, -0.2) is 0 Å². The van der Waals surface area contributed by atoms with Crippen molar-refractivity contribution < 1.29 is 0 Å². The van der Waals surface area contributed by atoms with Crippen molar-refractivity contribution >= 4 is 0 Å². The Kier molecular flexibility index (Phi) is 1.46. The van der Waals surface area contributed by atoms with Crippen LogP contribution in [-0.2, 0) is 0 Å². The monoisotopic (exact) mass is 140 g/mol. The predicted octanol–water partition coefficient (Wildman–Crippen LogP) is 0.570. The minimum atomic E-state index is 0.485. The average Bonchev–Trinajstić information content (AvgIpc) is 2.42. The van der Waals surface area contributed by atoms with Crippen molar-refractivity contribution in [1.29, 1.82) is 0 Å². The van der Waals surface area contributed by atoms with Crippen molar-refractivity contribution in [1.82, 2.24) is 4.90 Å². The van der Waals surface area contributed by atoms with E-state index in [9.17, 15) is 0 Å². The van der Waals surface area contributed by atoms with E-state index in [0.717, 1.165) is 12.1 Å². The normalized spacial score (nSPS) is 46.8. The molecule has 0 spiro atoms. The number of hydrogen-bond donors (Lipinski definition) is 1. The van der Waals surface area contributed by atoms with Crippen LogP contribution in [0.5, 0.6) is 0 Å². The van der Waals surface area contributed by atoms with Gasteiger partial charge in [-0.2, -0.15) is 0 Å². The lowest BCUT2D eigenvalue weighted by molar-refractivity contribution is 0.262. The quantitative estimate of drug-likeness (QED) is 0.577. The number of nitrogens with zero attached hydrogens (tertiary/aromatic N) is 1. The second kappa shape index (κ2) is 2.21. The van der Waals surface area contributed by atoms with E-state index in [-0.39, 0.29) is 0 Å². The van der Waals surface area contributed by atoms with Gasteiger partial charge in [0.2, 0.25) is 0 Å². The highest BCUT2D eigenvalue weighted by Gasteiger charge is 2.43. The summed E-state index contributed by atoms with van der Waals surface area (Å²) in [6, 6.07) is 2.05. The first kappa shape index (κ1) is 6.62. The summed E-state index contributed by atoms with van der Waals surface area (Å²) >= 11 is 0. The van der Waals surface area contributed by atoms with Crippen LogP contribution in [0.25, 0.3) is 0 Å². The Morgan fingerprint density at radius 3 is 2.60 bits per heavy atom. The summed E-state index contributed by atoms with van der Waals surface area (Å²) in [6.45, 7) is 3.44. The summed E-state index contributed by atoms with van der Waals surface area (Å²) in [7, 11) is 0. The van der Waals surface area contributed by atoms with Gasteiger partial charge >= 0.3 is 0 Å².